The highest BCUT2D eigenvalue weighted by atomic mass is 32.2. The summed E-state index contributed by atoms with van der Waals surface area (Å²) in [4.78, 5) is 25.2. The summed E-state index contributed by atoms with van der Waals surface area (Å²) in [5, 5.41) is 9.15. The van der Waals surface area contributed by atoms with E-state index >= 15 is 0 Å². The third-order valence-electron chi connectivity index (χ3n) is 3.32. The van der Waals surface area contributed by atoms with Crippen molar-refractivity contribution < 1.29 is 14.7 Å². The van der Waals surface area contributed by atoms with Gasteiger partial charge in [0.2, 0.25) is 0 Å². The van der Waals surface area contributed by atoms with Crippen molar-refractivity contribution in [3.8, 4) is 0 Å². The zero-order valence-electron chi connectivity index (χ0n) is 11.3. The van der Waals surface area contributed by atoms with Gasteiger partial charge in [-0.25, -0.2) is 4.79 Å². The second kappa shape index (κ2) is 5.25. The summed E-state index contributed by atoms with van der Waals surface area (Å²) in [5.41, 5.74) is 3.56. The van der Waals surface area contributed by atoms with Crippen LogP contribution in [-0.2, 0) is 4.79 Å². The van der Waals surface area contributed by atoms with Gasteiger partial charge in [0.15, 0.2) is 0 Å². The number of carboxylic acid groups (broad SMARTS) is 1. The number of amides is 1. The second-order valence-corrected chi connectivity index (χ2v) is 5.90. The average Bonchev–Trinajstić information content (AvgIpc) is 2.75. The zero-order chi connectivity index (χ0) is 14.2. The minimum atomic E-state index is -0.930. The van der Waals surface area contributed by atoms with E-state index in [1.807, 2.05) is 32.9 Å². The SMILES string of the molecule is Cc1cc(C)c(C(=O)N2CSCC2C(=O)O)c(C)c1. The normalized spacial score (nSPS) is 18.7. The minimum absolute atomic E-state index is 0.174. The summed E-state index contributed by atoms with van der Waals surface area (Å²) in [6.45, 7) is 5.78. The third kappa shape index (κ3) is 2.61. The van der Waals surface area contributed by atoms with Gasteiger partial charge in [0, 0.05) is 11.3 Å². The summed E-state index contributed by atoms with van der Waals surface area (Å²) in [5.74, 6) is -0.193. The molecule has 0 aromatic heterocycles. The maximum absolute atomic E-state index is 12.6. The number of hydrogen-bond acceptors (Lipinski definition) is 3. The molecule has 1 aliphatic heterocycles. The molecule has 1 aliphatic rings. The first-order valence-corrected chi connectivity index (χ1v) is 7.26. The number of thioether (sulfide) groups is 1. The van der Waals surface area contributed by atoms with Gasteiger partial charge in [-0.1, -0.05) is 17.7 Å². The largest absolute Gasteiger partial charge is 0.480 e. The van der Waals surface area contributed by atoms with Gasteiger partial charge in [0.1, 0.15) is 6.04 Å². The molecule has 0 spiro atoms. The Morgan fingerprint density at radius 2 is 1.84 bits per heavy atom. The van der Waals surface area contributed by atoms with Crippen LogP contribution in [0, 0.1) is 20.8 Å². The molecule has 0 saturated carbocycles. The van der Waals surface area contributed by atoms with Gasteiger partial charge in [0.05, 0.1) is 5.88 Å². The van der Waals surface area contributed by atoms with Crippen LogP contribution in [0.4, 0.5) is 0 Å². The summed E-state index contributed by atoms with van der Waals surface area (Å²) in [6.07, 6.45) is 0. The maximum atomic E-state index is 12.6. The molecule has 1 aromatic rings. The zero-order valence-corrected chi connectivity index (χ0v) is 12.1. The van der Waals surface area contributed by atoms with Crippen molar-refractivity contribution in [3.63, 3.8) is 0 Å². The molecular formula is C14H17NO3S. The van der Waals surface area contributed by atoms with Crippen molar-refractivity contribution >= 4 is 23.6 Å². The van der Waals surface area contributed by atoms with Gasteiger partial charge in [-0.05, 0) is 31.9 Å². The molecule has 1 heterocycles. The Morgan fingerprint density at radius 1 is 1.26 bits per heavy atom. The van der Waals surface area contributed by atoms with Crippen LogP contribution in [0.2, 0.25) is 0 Å². The highest BCUT2D eigenvalue weighted by Gasteiger charge is 2.35. The van der Waals surface area contributed by atoms with E-state index in [-0.39, 0.29) is 5.91 Å². The number of carbonyl (C=O) groups excluding carboxylic acids is 1. The molecule has 0 bridgehead atoms. The van der Waals surface area contributed by atoms with Crippen molar-refractivity contribution in [3.05, 3.63) is 34.4 Å². The molecule has 5 heteroatoms. The third-order valence-corrected chi connectivity index (χ3v) is 4.33. The Labute approximate surface area is 116 Å². The average molecular weight is 279 g/mol. The lowest BCUT2D eigenvalue weighted by molar-refractivity contribution is -0.140. The molecule has 1 atom stereocenters. The lowest BCUT2D eigenvalue weighted by Crippen LogP contribution is -2.42. The Morgan fingerprint density at radius 3 is 2.37 bits per heavy atom. The summed E-state index contributed by atoms with van der Waals surface area (Å²) < 4.78 is 0. The van der Waals surface area contributed by atoms with Gasteiger partial charge < -0.3 is 10.0 Å². The highest BCUT2D eigenvalue weighted by Crippen LogP contribution is 2.26. The molecule has 19 heavy (non-hydrogen) atoms. The molecule has 102 valence electrons. The van der Waals surface area contributed by atoms with Gasteiger partial charge in [-0.15, -0.1) is 11.8 Å². The number of benzene rings is 1. The minimum Gasteiger partial charge on any atom is -0.480 e. The molecule has 0 aliphatic carbocycles. The fourth-order valence-corrected chi connectivity index (χ4v) is 3.65. The first-order valence-electron chi connectivity index (χ1n) is 6.11. The van der Waals surface area contributed by atoms with E-state index in [0.717, 1.165) is 16.7 Å². The monoisotopic (exact) mass is 279 g/mol. The number of aliphatic carboxylic acids is 1. The van der Waals surface area contributed by atoms with E-state index in [1.165, 1.54) is 16.7 Å². The van der Waals surface area contributed by atoms with Crippen LogP contribution in [0.1, 0.15) is 27.0 Å². The number of rotatable bonds is 2. The van der Waals surface area contributed by atoms with E-state index in [2.05, 4.69) is 0 Å². The molecule has 0 radical (unpaired) electrons. The molecular weight excluding hydrogens is 262 g/mol. The van der Waals surface area contributed by atoms with Crippen LogP contribution in [0.3, 0.4) is 0 Å². The summed E-state index contributed by atoms with van der Waals surface area (Å²) >= 11 is 1.48. The standard InChI is InChI=1S/C14H17NO3S/c1-8-4-9(2)12(10(3)5-8)13(16)15-7-19-6-11(15)14(17)18/h4-5,11H,6-7H2,1-3H3,(H,17,18). The topological polar surface area (TPSA) is 57.6 Å². The fourth-order valence-electron chi connectivity index (χ4n) is 2.51. The van der Waals surface area contributed by atoms with Crippen molar-refractivity contribution in [2.75, 3.05) is 11.6 Å². The highest BCUT2D eigenvalue weighted by molar-refractivity contribution is 7.99. The van der Waals surface area contributed by atoms with Crippen molar-refractivity contribution in [1.29, 1.82) is 0 Å². The van der Waals surface area contributed by atoms with Gasteiger partial charge in [0.25, 0.3) is 5.91 Å². The fraction of sp³-hybridized carbons (Fsp3) is 0.429. The predicted molar refractivity (Wildman–Crippen MR) is 75.6 cm³/mol. The van der Waals surface area contributed by atoms with Gasteiger partial charge in [-0.2, -0.15) is 0 Å². The number of carboxylic acids is 1. The Hall–Kier alpha value is -1.49. The molecule has 1 amide bonds. The number of hydrogen-bond donors (Lipinski definition) is 1. The quantitative estimate of drug-likeness (QED) is 0.901. The molecule has 1 fully saturated rings. The van der Waals surface area contributed by atoms with Gasteiger partial charge in [-0.3, -0.25) is 4.79 Å². The van der Waals surface area contributed by atoms with Crippen LogP contribution < -0.4 is 0 Å². The van der Waals surface area contributed by atoms with E-state index in [0.29, 0.717) is 17.2 Å². The first-order chi connectivity index (χ1) is 8.91. The van der Waals surface area contributed by atoms with Crippen LogP contribution >= 0.6 is 11.8 Å². The van der Waals surface area contributed by atoms with Gasteiger partial charge >= 0.3 is 5.97 Å². The van der Waals surface area contributed by atoms with Crippen molar-refractivity contribution in [1.82, 2.24) is 4.90 Å². The number of carbonyl (C=O) groups is 2. The van der Waals surface area contributed by atoms with E-state index < -0.39 is 12.0 Å². The molecule has 1 aromatic carbocycles. The Kier molecular flexibility index (Phi) is 3.85. The van der Waals surface area contributed by atoms with Crippen LogP contribution in [0.15, 0.2) is 12.1 Å². The smallest absolute Gasteiger partial charge is 0.327 e. The molecule has 1 saturated heterocycles. The number of nitrogens with zero attached hydrogens (tertiary/aromatic N) is 1. The van der Waals surface area contributed by atoms with Crippen LogP contribution in [-0.4, -0.2) is 39.6 Å². The molecule has 4 nitrogen and oxygen atoms in total. The lowest BCUT2D eigenvalue weighted by atomic mass is 9.98. The summed E-state index contributed by atoms with van der Waals surface area (Å²) in [7, 11) is 0. The predicted octanol–water partition coefficient (Wildman–Crippen LogP) is 2.21. The van der Waals surface area contributed by atoms with E-state index in [4.69, 9.17) is 5.11 Å². The molecule has 1 unspecified atom stereocenters. The molecule has 1 N–H and O–H groups in total. The first kappa shape index (κ1) is 13.9. The summed E-state index contributed by atoms with van der Waals surface area (Å²) in [6, 6.07) is 3.20. The Balaban J connectivity index is 2.37. The van der Waals surface area contributed by atoms with E-state index in [9.17, 15) is 9.59 Å². The van der Waals surface area contributed by atoms with Crippen molar-refractivity contribution in [2.24, 2.45) is 0 Å². The maximum Gasteiger partial charge on any atom is 0.327 e. The molecule has 2 rings (SSSR count). The van der Waals surface area contributed by atoms with Crippen molar-refractivity contribution in [2.45, 2.75) is 26.8 Å². The van der Waals surface area contributed by atoms with Crippen LogP contribution in [0.5, 0.6) is 0 Å². The number of aryl methyl sites for hydroxylation is 3. The lowest BCUT2D eigenvalue weighted by Gasteiger charge is -2.22. The van der Waals surface area contributed by atoms with E-state index in [1.54, 1.807) is 0 Å². The second-order valence-electron chi connectivity index (χ2n) is 4.90. The van der Waals surface area contributed by atoms with Crippen LogP contribution in [0.25, 0.3) is 0 Å². The Bertz CT molecular complexity index is 518.